The van der Waals surface area contributed by atoms with Crippen LogP contribution in [0.15, 0.2) is 0 Å². The van der Waals surface area contributed by atoms with Crippen molar-refractivity contribution < 1.29 is 19.8 Å². The fourth-order valence-electron chi connectivity index (χ4n) is 1.68. The first-order valence-corrected chi connectivity index (χ1v) is 5.50. The number of nitrogens with one attached hydrogen (secondary N) is 1. The highest BCUT2D eigenvalue weighted by Crippen LogP contribution is 2.16. The summed E-state index contributed by atoms with van der Waals surface area (Å²) in [6, 6.07) is -0.444. The van der Waals surface area contributed by atoms with E-state index < -0.39 is 11.6 Å². The van der Waals surface area contributed by atoms with Gasteiger partial charge in [-0.05, 0) is 13.8 Å². The molecule has 3 N–H and O–H groups in total. The molecule has 1 fully saturated rings. The van der Waals surface area contributed by atoms with Gasteiger partial charge in [-0.15, -0.1) is 0 Å². The van der Waals surface area contributed by atoms with Crippen molar-refractivity contribution in [3.63, 3.8) is 0 Å². The predicted molar refractivity (Wildman–Crippen MR) is 60.1 cm³/mol. The van der Waals surface area contributed by atoms with Crippen molar-refractivity contribution in [3.05, 3.63) is 0 Å². The smallest absolute Gasteiger partial charge is 0.326 e. The second kappa shape index (κ2) is 5.44. The summed E-state index contributed by atoms with van der Waals surface area (Å²) in [5.41, 5.74) is -0.888. The molecule has 1 aliphatic heterocycles. The van der Waals surface area contributed by atoms with E-state index in [1.165, 1.54) is 0 Å². The van der Waals surface area contributed by atoms with Crippen molar-refractivity contribution in [1.29, 1.82) is 0 Å². The van der Waals surface area contributed by atoms with Gasteiger partial charge in [0.25, 0.3) is 5.91 Å². The second-order valence-electron chi connectivity index (χ2n) is 4.50. The molecule has 0 aromatic heterocycles. The molecular formula is C10H19N3O4. The van der Waals surface area contributed by atoms with Crippen LogP contribution >= 0.6 is 0 Å². The van der Waals surface area contributed by atoms with E-state index in [4.69, 9.17) is 10.2 Å². The Morgan fingerprint density at radius 2 is 1.76 bits per heavy atom. The number of aliphatic hydroxyl groups is 2. The predicted octanol–water partition coefficient (Wildman–Crippen LogP) is -1.44. The van der Waals surface area contributed by atoms with E-state index in [9.17, 15) is 9.59 Å². The number of aliphatic hydroxyl groups excluding tert-OH is 2. The maximum Gasteiger partial charge on any atom is 0.326 e. The van der Waals surface area contributed by atoms with Gasteiger partial charge in [-0.1, -0.05) is 0 Å². The molecule has 0 atom stereocenters. The first-order valence-electron chi connectivity index (χ1n) is 5.50. The molecule has 17 heavy (non-hydrogen) atoms. The first-order chi connectivity index (χ1) is 7.92. The molecule has 0 unspecified atom stereocenters. The molecule has 0 radical (unpaired) electrons. The zero-order valence-corrected chi connectivity index (χ0v) is 10.1. The number of carbonyl (C=O) groups excluding carboxylic acids is 2. The minimum absolute atomic E-state index is 0.0786. The maximum absolute atomic E-state index is 11.9. The standard InChI is InChI=1S/C10H19N3O4/c1-10(2)8(16)13(9(17)11-10)7-12(3-5-14)4-6-15/h14-15H,3-7H2,1-2H3,(H,11,17). The number of rotatable bonds is 6. The first kappa shape index (κ1) is 13.9. The average molecular weight is 245 g/mol. The van der Waals surface area contributed by atoms with Crippen molar-refractivity contribution in [3.8, 4) is 0 Å². The van der Waals surface area contributed by atoms with Gasteiger partial charge >= 0.3 is 6.03 Å². The molecule has 7 nitrogen and oxygen atoms in total. The Morgan fingerprint density at radius 3 is 2.12 bits per heavy atom. The molecule has 0 spiro atoms. The highest BCUT2D eigenvalue weighted by atomic mass is 16.3. The Morgan fingerprint density at radius 1 is 1.24 bits per heavy atom. The van der Waals surface area contributed by atoms with Crippen LogP contribution in [0.25, 0.3) is 0 Å². The topological polar surface area (TPSA) is 93.1 Å². The molecule has 0 aliphatic carbocycles. The summed E-state index contributed by atoms with van der Waals surface area (Å²) in [4.78, 5) is 26.2. The van der Waals surface area contributed by atoms with Gasteiger partial charge in [0, 0.05) is 13.1 Å². The van der Waals surface area contributed by atoms with Gasteiger partial charge in [-0.2, -0.15) is 0 Å². The molecule has 0 aromatic carbocycles. The number of imide groups is 1. The van der Waals surface area contributed by atoms with E-state index >= 15 is 0 Å². The summed E-state index contributed by atoms with van der Waals surface area (Å²) in [6.07, 6.45) is 0. The van der Waals surface area contributed by atoms with E-state index in [1.54, 1.807) is 18.7 Å². The SMILES string of the molecule is CC1(C)NC(=O)N(CN(CCO)CCO)C1=O. The second-order valence-corrected chi connectivity index (χ2v) is 4.50. The van der Waals surface area contributed by atoms with Gasteiger partial charge < -0.3 is 15.5 Å². The van der Waals surface area contributed by atoms with Crippen molar-refractivity contribution >= 4 is 11.9 Å². The highest BCUT2D eigenvalue weighted by Gasteiger charge is 2.44. The molecule has 1 aliphatic rings. The third-order valence-electron chi connectivity index (χ3n) is 2.62. The molecule has 1 saturated heterocycles. The van der Waals surface area contributed by atoms with Crippen LogP contribution < -0.4 is 5.32 Å². The van der Waals surface area contributed by atoms with Gasteiger partial charge in [-0.3, -0.25) is 9.69 Å². The Bertz CT molecular complexity index is 300. The van der Waals surface area contributed by atoms with Crippen LogP contribution in [0.4, 0.5) is 4.79 Å². The van der Waals surface area contributed by atoms with Crippen LogP contribution in [0.2, 0.25) is 0 Å². The zero-order valence-electron chi connectivity index (χ0n) is 10.1. The normalized spacial score (nSPS) is 19.0. The molecule has 1 heterocycles. The number of hydrogen-bond donors (Lipinski definition) is 3. The molecule has 1 rings (SSSR count). The van der Waals surface area contributed by atoms with Crippen molar-refractivity contribution in [2.75, 3.05) is 33.0 Å². The number of amides is 3. The van der Waals surface area contributed by atoms with Gasteiger partial charge in [0.2, 0.25) is 0 Å². The fourth-order valence-corrected chi connectivity index (χ4v) is 1.68. The van der Waals surface area contributed by atoms with Crippen molar-refractivity contribution in [1.82, 2.24) is 15.1 Å². The van der Waals surface area contributed by atoms with Crippen LogP contribution in [0, 0.1) is 0 Å². The quantitative estimate of drug-likeness (QED) is 0.498. The molecule has 7 heteroatoms. The minimum atomic E-state index is -0.888. The lowest BCUT2D eigenvalue weighted by Crippen LogP contribution is -2.45. The molecule has 0 bridgehead atoms. The van der Waals surface area contributed by atoms with Crippen LogP contribution in [-0.2, 0) is 4.79 Å². The van der Waals surface area contributed by atoms with Crippen LogP contribution in [0.3, 0.4) is 0 Å². The summed E-state index contributed by atoms with van der Waals surface area (Å²) in [6.45, 7) is 3.77. The Balaban J connectivity index is 2.66. The zero-order chi connectivity index (χ0) is 13.1. The number of nitrogens with zero attached hydrogens (tertiary/aromatic N) is 2. The number of hydrogen-bond acceptors (Lipinski definition) is 5. The summed E-state index contributed by atoms with van der Waals surface area (Å²) in [5.74, 6) is -0.302. The summed E-state index contributed by atoms with van der Waals surface area (Å²) < 4.78 is 0. The van der Waals surface area contributed by atoms with Crippen LogP contribution in [0.5, 0.6) is 0 Å². The highest BCUT2D eigenvalue weighted by molar-refractivity contribution is 6.06. The van der Waals surface area contributed by atoms with E-state index in [2.05, 4.69) is 5.32 Å². The summed E-state index contributed by atoms with van der Waals surface area (Å²) >= 11 is 0. The van der Waals surface area contributed by atoms with E-state index in [0.29, 0.717) is 13.1 Å². The summed E-state index contributed by atoms with van der Waals surface area (Å²) in [7, 11) is 0. The van der Waals surface area contributed by atoms with Gasteiger partial charge in [0.1, 0.15) is 5.54 Å². The Hall–Kier alpha value is -1.18. The van der Waals surface area contributed by atoms with E-state index in [-0.39, 0.29) is 25.8 Å². The van der Waals surface area contributed by atoms with Crippen molar-refractivity contribution in [2.24, 2.45) is 0 Å². The third-order valence-corrected chi connectivity index (χ3v) is 2.62. The van der Waals surface area contributed by atoms with Gasteiger partial charge in [0.15, 0.2) is 0 Å². The number of urea groups is 1. The molecular weight excluding hydrogens is 226 g/mol. The van der Waals surface area contributed by atoms with E-state index in [0.717, 1.165) is 4.90 Å². The molecule has 98 valence electrons. The monoisotopic (exact) mass is 245 g/mol. The van der Waals surface area contributed by atoms with Crippen molar-refractivity contribution in [2.45, 2.75) is 19.4 Å². The lowest BCUT2D eigenvalue weighted by molar-refractivity contribution is -0.131. The molecule has 0 saturated carbocycles. The summed E-state index contributed by atoms with van der Waals surface area (Å²) in [5, 5.41) is 20.3. The minimum Gasteiger partial charge on any atom is -0.395 e. The largest absolute Gasteiger partial charge is 0.395 e. The lowest BCUT2D eigenvalue weighted by atomic mass is 10.1. The fraction of sp³-hybridized carbons (Fsp3) is 0.800. The Kier molecular flexibility index (Phi) is 4.44. The average Bonchev–Trinajstić information content (AvgIpc) is 2.41. The van der Waals surface area contributed by atoms with E-state index in [1.807, 2.05) is 0 Å². The molecule has 3 amide bonds. The van der Waals surface area contributed by atoms with Gasteiger partial charge in [-0.25, -0.2) is 9.69 Å². The number of carbonyl (C=O) groups is 2. The third kappa shape index (κ3) is 3.15. The van der Waals surface area contributed by atoms with Crippen LogP contribution in [-0.4, -0.2) is 70.5 Å². The van der Waals surface area contributed by atoms with Crippen LogP contribution in [0.1, 0.15) is 13.8 Å². The maximum atomic E-state index is 11.9. The van der Waals surface area contributed by atoms with Gasteiger partial charge in [0.05, 0.1) is 19.9 Å². The molecule has 0 aromatic rings. The Labute approximate surface area is 100.0 Å². The lowest BCUT2D eigenvalue weighted by Gasteiger charge is -2.25.